The van der Waals surface area contributed by atoms with Gasteiger partial charge in [-0.1, -0.05) is 45.8 Å². The maximum Gasteiger partial charge on any atom is 0.162 e. The Labute approximate surface area is 134 Å². The molecule has 0 saturated carbocycles. The number of nitrogens with one attached hydrogen (secondary N) is 1. The number of halogens is 1. The van der Waals surface area contributed by atoms with E-state index in [9.17, 15) is 0 Å². The van der Waals surface area contributed by atoms with Gasteiger partial charge in [0, 0.05) is 11.0 Å². The highest BCUT2D eigenvalue weighted by Gasteiger charge is 2.10. The molecule has 1 N–H and O–H groups in total. The molecule has 0 fully saturated rings. The molecule has 3 nitrogen and oxygen atoms in total. The molecule has 4 heteroatoms. The largest absolute Gasteiger partial charge is 0.493 e. The normalized spacial score (nSPS) is 10.5. The third kappa shape index (κ3) is 4.22. The van der Waals surface area contributed by atoms with Crippen LogP contribution in [0.5, 0.6) is 11.5 Å². The van der Waals surface area contributed by atoms with Gasteiger partial charge in [-0.3, -0.25) is 0 Å². The zero-order valence-electron chi connectivity index (χ0n) is 12.6. The summed E-state index contributed by atoms with van der Waals surface area (Å²) in [5.41, 5.74) is 3.52. The first-order valence-corrected chi connectivity index (χ1v) is 7.62. The Kier molecular flexibility index (Phi) is 5.65. The highest BCUT2D eigenvalue weighted by Crippen LogP contribution is 2.34. The van der Waals surface area contributed by atoms with E-state index in [1.807, 2.05) is 19.2 Å². The summed E-state index contributed by atoms with van der Waals surface area (Å²) in [6.07, 6.45) is 0. The lowest BCUT2D eigenvalue weighted by Crippen LogP contribution is -2.06. The maximum atomic E-state index is 5.89. The Morgan fingerprint density at radius 3 is 2.43 bits per heavy atom. The highest BCUT2D eigenvalue weighted by atomic mass is 79.9. The lowest BCUT2D eigenvalue weighted by molar-refractivity contribution is 0.284. The topological polar surface area (TPSA) is 30.5 Å². The molecule has 0 spiro atoms. The van der Waals surface area contributed by atoms with E-state index in [1.165, 1.54) is 5.56 Å². The van der Waals surface area contributed by atoms with Crippen LogP contribution in [0.2, 0.25) is 0 Å². The van der Waals surface area contributed by atoms with Crippen LogP contribution in [-0.2, 0) is 13.2 Å². The smallest absolute Gasteiger partial charge is 0.162 e. The summed E-state index contributed by atoms with van der Waals surface area (Å²) in [6.45, 7) is 3.37. The number of aryl methyl sites for hydroxylation is 1. The van der Waals surface area contributed by atoms with Crippen molar-refractivity contribution >= 4 is 15.9 Å². The van der Waals surface area contributed by atoms with Crippen molar-refractivity contribution in [3.63, 3.8) is 0 Å². The zero-order valence-corrected chi connectivity index (χ0v) is 14.2. The summed E-state index contributed by atoms with van der Waals surface area (Å²) in [7, 11) is 3.58. The number of hydrogen-bond donors (Lipinski definition) is 1. The molecule has 0 atom stereocenters. The second-order valence-electron chi connectivity index (χ2n) is 4.90. The first-order valence-electron chi connectivity index (χ1n) is 6.83. The molecule has 0 aromatic heterocycles. The molecule has 0 aliphatic heterocycles. The highest BCUT2D eigenvalue weighted by molar-refractivity contribution is 9.10. The van der Waals surface area contributed by atoms with E-state index in [4.69, 9.17) is 9.47 Å². The van der Waals surface area contributed by atoms with Gasteiger partial charge in [0.15, 0.2) is 11.5 Å². The first kappa shape index (κ1) is 15.9. The minimum absolute atomic E-state index is 0.522. The van der Waals surface area contributed by atoms with Crippen molar-refractivity contribution in [2.75, 3.05) is 14.2 Å². The van der Waals surface area contributed by atoms with Gasteiger partial charge in [0.1, 0.15) is 6.61 Å². The average Bonchev–Trinajstić information content (AvgIpc) is 2.49. The molecule has 0 unspecified atom stereocenters. The second-order valence-corrected chi connectivity index (χ2v) is 5.75. The molecular formula is C17H20BrNO2. The average molecular weight is 350 g/mol. The molecule has 0 heterocycles. The molecule has 0 aliphatic rings. The number of methoxy groups -OCH3 is 1. The minimum atomic E-state index is 0.522. The van der Waals surface area contributed by atoms with Gasteiger partial charge in [-0.25, -0.2) is 0 Å². The van der Waals surface area contributed by atoms with Crippen LogP contribution >= 0.6 is 15.9 Å². The summed E-state index contributed by atoms with van der Waals surface area (Å²) in [6, 6.07) is 12.3. The van der Waals surface area contributed by atoms with Gasteiger partial charge in [0.25, 0.3) is 0 Å². The Bertz CT molecular complexity index is 596. The Morgan fingerprint density at radius 2 is 1.81 bits per heavy atom. The van der Waals surface area contributed by atoms with Gasteiger partial charge < -0.3 is 14.8 Å². The lowest BCUT2D eigenvalue weighted by atomic mass is 10.1. The van der Waals surface area contributed by atoms with Gasteiger partial charge in [-0.05, 0) is 37.2 Å². The third-order valence-electron chi connectivity index (χ3n) is 3.21. The predicted octanol–water partition coefficient (Wildman–Crippen LogP) is 4.06. The van der Waals surface area contributed by atoms with E-state index >= 15 is 0 Å². The van der Waals surface area contributed by atoms with Gasteiger partial charge in [0.2, 0.25) is 0 Å². The van der Waals surface area contributed by atoms with E-state index in [0.717, 1.165) is 33.6 Å². The standard InChI is InChI=1S/C17H20BrNO2/c1-12-4-6-13(7-5-12)11-21-17-9-15(18)14(10-19-2)8-16(17)20-3/h4-9,19H,10-11H2,1-3H3. The van der Waals surface area contributed by atoms with Crippen LogP contribution in [0.4, 0.5) is 0 Å². The monoisotopic (exact) mass is 349 g/mol. The Hall–Kier alpha value is -1.52. The SMILES string of the molecule is CNCc1cc(OC)c(OCc2ccc(C)cc2)cc1Br. The van der Waals surface area contributed by atoms with E-state index < -0.39 is 0 Å². The third-order valence-corrected chi connectivity index (χ3v) is 3.95. The van der Waals surface area contributed by atoms with Crippen LogP contribution < -0.4 is 14.8 Å². The van der Waals surface area contributed by atoms with E-state index in [-0.39, 0.29) is 0 Å². The van der Waals surface area contributed by atoms with E-state index in [0.29, 0.717) is 6.61 Å². The summed E-state index contributed by atoms with van der Waals surface area (Å²) in [5.74, 6) is 1.49. The van der Waals surface area contributed by atoms with Crippen molar-refractivity contribution in [3.8, 4) is 11.5 Å². The fourth-order valence-corrected chi connectivity index (χ4v) is 2.48. The van der Waals surface area contributed by atoms with Crippen molar-refractivity contribution in [3.05, 3.63) is 57.6 Å². The van der Waals surface area contributed by atoms with Crippen LogP contribution in [-0.4, -0.2) is 14.2 Å². The number of benzene rings is 2. The van der Waals surface area contributed by atoms with Gasteiger partial charge >= 0.3 is 0 Å². The molecule has 2 aromatic carbocycles. The summed E-state index contributed by atoms with van der Waals surface area (Å²) in [4.78, 5) is 0. The van der Waals surface area contributed by atoms with Crippen molar-refractivity contribution in [1.82, 2.24) is 5.32 Å². The molecule has 0 amide bonds. The fraction of sp³-hybridized carbons (Fsp3) is 0.294. The van der Waals surface area contributed by atoms with Crippen molar-refractivity contribution in [2.24, 2.45) is 0 Å². The number of rotatable bonds is 6. The fourth-order valence-electron chi connectivity index (χ4n) is 2.02. The van der Waals surface area contributed by atoms with Crippen LogP contribution in [0, 0.1) is 6.92 Å². The molecule has 0 saturated heterocycles. The molecule has 21 heavy (non-hydrogen) atoms. The van der Waals surface area contributed by atoms with Crippen LogP contribution in [0.1, 0.15) is 16.7 Å². The predicted molar refractivity (Wildman–Crippen MR) is 89.0 cm³/mol. The zero-order chi connectivity index (χ0) is 15.2. The Morgan fingerprint density at radius 1 is 1.10 bits per heavy atom. The van der Waals surface area contributed by atoms with Gasteiger partial charge in [-0.15, -0.1) is 0 Å². The molecule has 112 valence electrons. The van der Waals surface area contributed by atoms with E-state index in [2.05, 4.69) is 52.4 Å². The molecular weight excluding hydrogens is 330 g/mol. The number of ether oxygens (including phenoxy) is 2. The van der Waals surface area contributed by atoms with Crippen LogP contribution in [0.3, 0.4) is 0 Å². The summed E-state index contributed by atoms with van der Waals surface area (Å²) in [5, 5.41) is 3.13. The van der Waals surface area contributed by atoms with Crippen LogP contribution in [0.25, 0.3) is 0 Å². The number of hydrogen-bond acceptors (Lipinski definition) is 3. The first-order chi connectivity index (χ1) is 10.1. The minimum Gasteiger partial charge on any atom is -0.493 e. The van der Waals surface area contributed by atoms with Gasteiger partial charge in [-0.2, -0.15) is 0 Å². The van der Waals surface area contributed by atoms with Crippen molar-refractivity contribution in [1.29, 1.82) is 0 Å². The summed E-state index contributed by atoms with van der Waals surface area (Å²) < 4.78 is 12.3. The summed E-state index contributed by atoms with van der Waals surface area (Å²) >= 11 is 3.57. The maximum absolute atomic E-state index is 5.89. The second kappa shape index (κ2) is 7.48. The molecule has 0 radical (unpaired) electrons. The van der Waals surface area contributed by atoms with Crippen molar-refractivity contribution < 1.29 is 9.47 Å². The van der Waals surface area contributed by atoms with Crippen LogP contribution in [0.15, 0.2) is 40.9 Å². The quantitative estimate of drug-likeness (QED) is 0.852. The lowest BCUT2D eigenvalue weighted by Gasteiger charge is -2.14. The van der Waals surface area contributed by atoms with E-state index in [1.54, 1.807) is 7.11 Å². The molecule has 2 aromatic rings. The van der Waals surface area contributed by atoms with Crippen molar-refractivity contribution in [2.45, 2.75) is 20.1 Å². The molecule has 0 aliphatic carbocycles. The van der Waals surface area contributed by atoms with Gasteiger partial charge in [0.05, 0.1) is 7.11 Å². The Balaban J connectivity index is 2.15. The molecule has 2 rings (SSSR count). The molecule has 0 bridgehead atoms.